The van der Waals surface area contributed by atoms with Crippen LogP contribution in [0.2, 0.25) is 0 Å². The Labute approximate surface area is 186 Å². The second kappa shape index (κ2) is 12.0. The van der Waals surface area contributed by atoms with Gasteiger partial charge in [0.2, 0.25) is 5.96 Å². The van der Waals surface area contributed by atoms with Crippen molar-refractivity contribution >= 4 is 23.0 Å². The first-order valence-corrected chi connectivity index (χ1v) is 10.5. The number of hydrogen-bond donors (Lipinski definition) is 2. The molecular formula is C24H35N5O2. The number of aliphatic imine (C=N–C) groups is 1. The van der Waals surface area contributed by atoms with Gasteiger partial charge in [-0.2, -0.15) is 0 Å². The van der Waals surface area contributed by atoms with E-state index in [9.17, 15) is 5.11 Å². The average Bonchev–Trinajstić information content (AvgIpc) is 3.25. The summed E-state index contributed by atoms with van der Waals surface area (Å²) in [7, 11) is 7.53. The zero-order chi connectivity index (χ0) is 22.8. The van der Waals surface area contributed by atoms with E-state index < -0.39 is 0 Å². The van der Waals surface area contributed by atoms with Gasteiger partial charge >= 0.3 is 0 Å². The number of benzene rings is 1. The van der Waals surface area contributed by atoms with Gasteiger partial charge in [-0.3, -0.25) is 5.41 Å². The molecule has 2 rings (SSSR count). The van der Waals surface area contributed by atoms with Crippen LogP contribution in [0.5, 0.6) is 0 Å². The minimum atomic E-state index is 0.181. The highest BCUT2D eigenvalue weighted by molar-refractivity contribution is 6.07. The summed E-state index contributed by atoms with van der Waals surface area (Å²) in [5.74, 6) is 0.379. The minimum Gasteiger partial charge on any atom is -0.508 e. The third-order valence-corrected chi connectivity index (χ3v) is 5.08. The van der Waals surface area contributed by atoms with Gasteiger partial charge in [0.05, 0.1) is 12.3 Å². The van der Waals surface area contributed by atoms with Crippen molar-refractivity contribution in [3.05, 3.63) is 60.0 Å². The Morgan fingerprint density at radius 1 is 1.26 bits per heavy atom. The number of rotatable bonds is 9. The van der Waals surface area contributed by atoms with E-state index in [0.29, 0.717) is 19.6 Å². The molecule has 0 fully saturated rings. The molecule has 7 heteroatoms. The van der Waals surface area contributed by atoms with E-state index in [0.717, 1.165) is 35.6 Å². The highest BCUT2D eigenvalue weighted by atomic mass is 16.5. The summed E-state index contributed by atoms with van der Waals surface area (Å²) < 4.78 is 5.10. The van der Waals surface area contributed by atoms with Gasteiger partial charge in [0.15, 0.2) is 0 Å². The molecule has 0 aromatic heterocycles. The van der Waals surface area contributed by atoms with Gasteiger partial charge in [0.25, 0.3) is 0 Å². The fraction of sp³-hybridized carbons (Fsp3) is 0.417. The van der Waals surface area contributed by atoms with E-state index in [-0.39, 0.29) is 11.7 Å². The summed E-state index contributed by atoms with van der Waals surface area (Å²) in [5.41, 5.74) is 4.15. The summed E-state index contributed by atoms with van der Waals surface area (Å²) >= 11 is 0. The van der Waals surface area contributed by atoms with Crippen molar-refractivity contribution in [3.8, 4) is 0 Å². The maximum Gasteiger partial charge on any atom is 0.217 e. The lowest BCUT2D eigenvalue weighted by Crippen LogP contribution is -2.29. The average molecular weight is 426 g/mol. The lowest BCUT2D eigenvalue weighted by Gasteiger charge is -2.18. The predicted octanol–water partition coefficient (Wildman–Crippen LogP) is 4.21. The highest BCUT2D eigenvalue weighted by Crippen LogP contribution is 2.26. The van der Waals surface area contributed by atoms with Gasteiger partial charge in [-0.05, 0) is 55.3 Å². The van der Waals surface area contributed by atoms with Crippen LogP contribution in [0.25, 0.3) is 0 Å². The maximum absolute atomic E-state index is 10.0. The number of methoxy groups -OCH3 is 1. The number of nitrogens with one attached hydrogen (secondary N) is 1. The van der Waals surface area contributed by atoms with E-state index >= 15 is 0 Å². The minimum absolute atomic E-state index is 0.181. The van der Waals surface area contributed by atoms with Crippen LogP contribution in [0.4, 0.5) is 11.4 Å². The number of likely N-dealkylation sites (N-methyl/N-ethyl adjacent to an activating group) is 1. The normalized spacial score (nSPS) is 14.9. The quantitative estimate of drug-likeness (QED) is 0.268. The smallest absolute Gasteiger partial charge is 0.217 e. The zero-order valence-electron chi connectivity index (χ0n) is 19.3. The zero-order valence-corrected chi connectivity index (χ0v) is 19.3. The van der Waals surface area contributed by atoms with Gasteiger partial charge in [-0.1, -0.05) is 6.08 Å². The number of nitrogens with zero attached hydrogens (tertiary/aromatic N) is 4. The Hall–Kier alpha value is -3.06. The molecule has 0 amide bonds. The Balaban J connectivity index is 2.25. The van der Waals surface area contributed by atoms with Crippen LogP contribution in [0, 0.1) is 5.41 Å². The highest BCUT2D eigenvalue weighted by Gasteiger charge is 2.19. The van der Waals surface area contributed by atoms with Gasteiger partial charge < -0.3 is 24.5 Å². The summed E-state index contributed by atoms with van der Waals surface area (Å²) in [6.45, 7) is 3.84. The molecule has 31 heavy (non-hydrogen) atoms. The SMILES string of the molecule is C/C=C\C(O)=C/CC(=NC(=N)N(C)CCOC)C1=CN(c2ccc(N(C)C)cc2)CC1. The number of ether oxygens (including phenoxy) is 1. The Morgan fingerprint density at radius 3 is 2.58 bits per heavy atom. The summed E-state index contributed by atoms with van der Waals surface area (Å²) in [6.07, 6.45) is 8.56. The molecule has 0 unspecified atom stereocenters. The molecular weight excluding hydrogens is 390 g/mol. The summed E-state index contributed by atoms with van der Waals surface area (Å²) in [6, 6.07) is 8.44. The number of anilines is 2. The van der Waals surface area contributed by atoms with E-state index in [1.54, 1.807) is 30.2 Å². The largest absolute Gasteiger partial charge is 0.508 e. The van der Waals surface area contributed by atoms with Crippen molar-refractivity contribution in [2.75, 3.05) is 57.7 Å². The van der Waals surface area contributed by atoms with Gasteiger partial charge in [0.1, 0.15) is 5.76 Å². The molecule has 0 radical (unpaired) electrons. The molecule has 2 N–H and O–H groups in total. The first-order valence-electron chi connectivity index (χ1n) is 10.5. The molecule has 168 valence electrons. The van der Waals surface area contributed by atoms with Crippen molar-refractivity contribution < 1.29 is 9.84 Å². The third kappa shape index (κ3) is 7.29. The predicted molar refractivity (Wildman–Crippen MR) is 131 cm³/mol. The summed E-state index contributed by atoms with van der Waals surface area (Å²) in [5, 5.41) is 18.4. The van der Waals surface area contributed by atoms with Crippen LogP contribution in [0.1, 0.15) is 19.8 Å². The third-order valence-electron chi connectivity index (χ3n) is 5.08. The fourth-order valence-electron chi connectivity index (χ4n) is 3.16. The topological polar surface area (TPSA) is 75.4 Å². The van der Waals surface area contributed by atoms with Crippen LogP contribution < -0.4 is 9.80 Å². The van der Waals surface area contributed by atoms with Crippen LogP contribution >= 0.6 is 0 Å². The molecule has 1 aliphatic rings. The monoisotopic (exact) mass is 425 g/mol. The summed E-state index contributed by atoms with van der Waals surface area (Å²) in [4.78, 5) is 10.6. The van der Waals surface area contributed by atoms with Gasteiger partial charge in [-0.25, -0.2) is 4.99 Å². The maximum atomic E-state index is 10.0. The Morgan fingerprint density at radius 2 is 1.97 bits per heavy atom. The number of allylic oxidation sites excluding steroid dienone is 3. The van der Waals surface area contributed by atoms with Crippen molar-refractivity contribution in [1.82, 2.24) is 4.90 Å². The van der Waals surface area contributed by atoms with Crippen LogP contribution in [0.15, 0.2) is 65.0 Å². The molecule has 1 aliphatic heterocycles. The molecule has 0 saturated heterocycles. The van der Waals surface area contributed by atoms with Crippen LogP contribution in [-0.4, -0.2) is 69.6 Å². The molecule has 0 spiro atoms. The Bertz CT molecular complexity index is 853. The van der Waals surface area contributed by atoms with Crippen LogP contribution in [-0.2, 0) is 4.74 Å². The standard InChI is InChI=1S/C24H35N5O2/c1-6-7-22(30)12-13-23(26-24(25)28(4)16-17-31-5)19-14-15-29(18-19)21-10-8-20(9-11-21)27(2)3/h6-12,18,25,30H,13-17H2,1-5H3/b7-6-,22-12+,25-24?,26-23?. The lowest BCUT2D eigenvalue weighted by atomic mass is 10.1. The van der Waals surface area contributed by atoms with Crippen molar-refractivity contribution in [2.45, 2.75) is 19.8 Å². The fourth-order valence-corrected chi connectivity index (χ4v) is 3.16. The molecule has 0 bridgehead atoms. The molecule has 1 aromatic carbocycles. The van der Waals surface area contributed by atoms with E-state index in [1.165, 1.54) is 0 Å². The first kappa shape index (κ1) is 24.2. The molecule has 1 heterocycles. The molecule has 0 aliphatic carbocycles. The second-order valence-electron chi connectivity index (χ2n) is 7.64. The van der Waals surface area contributed by atoms with Crippen LogP contribution in [0.3, 0.4) is 0 Å². The molecule has 7 nitrogen and oxygen atoms in total. The van der Waals surface area contributed by atoms with E-state index in [4.69, 9.17) is 10.1 Å². The van der Waals surface area contributed by atoms with Crippen molar-refractivity contribution in [2.24, 2.45) is 4.99 Å². The number of aliphatic hydroxyl groups excluding tert-OH is 1. The Kier molecular flexibility index (Phi) is 9.34. The molecule has 1 aromatic rings. The van der Waals surface area contributed by atoms with Gasteiger partial charge in [-0.15, -0.1) is 0 Å². The van der Waals surface area contributed by atoms with E-state index in [2.05, 4.69) is 45.3 Å². The first-order chi connectivity index (χ1) is 14.8. The van der Waals surface area contributed by atoms with Crippen molar-refractivity contribution in [3.63, 3.8) is 0 Å². The lowest BCUT2D eigenvalue weighted by molar-refractivity contribution is 0.182. The van der Waals surface area contributed by atoms with E-state index in [1.807, 2.05) is 28.1 Å². The number of aliphatic hydroxyl groups is 1. The second-order valence-corrected chi connectivity index (χ2v) is 7.64. The van der Waals surface area contributed by atoms with Crippen molar-refractivity contribution in [1.29, 1.82) is 5.41 Å². The number of guanidine groups is 1. The molecule has 0 saturated carbocycles. The molecule has 0 atom stereocenters. The van der Waals surface area contributed by atoms with Gasteiger partial charge in [0, 0.05) is 65.3 Å². The number of hydrogen-bond acceptors (Lipinski definition) is 5.